The molecule has 178 valence electrons. The van der Waals surface area contributed by atoms with Crippen LogP contribution in [0.2, 0.25) is 0 Å². The van der Waals surface area contributed by atoms with Crippen LogP contribution in [0.5, 0.6) is 17.2 Å². The number of carbonyl (C=O) groups excluding carboxylic acids is 1. The van der Waals surface area contributed by atoms with Crippen molar-refractivity contribution in [1.82, 2.24) is 14.8 Å². The molecule has 0 saturated heterocycles. The Hall–Kier alpha value is -3.98. The summed E-state index contributed by atoms with van der Waals surface area (Å²) in [6.45, 7) is 0.325. The lowest BCUT2D eigenvalue weighted by atomic mass is 10.1. The van der Waals surface area contributed by atoms with E-state index in [1.54, 1.807) is 13.2 Å². The molecule has 5 rings (SSSR count). The molecule has 4 aromatic rings. The first-order valence-corrected chi connectivity index (χ1v) is 11.9. The van der Waals surface area contributed by atoms with Gasteiger partial charge in [-0.05, 0) is 29.8 Å². The first-order valence-electron chi connectivity index (χ1n) is 11.1. The lowest BCUT2D eigenvalue weighted by Gasteiger charge is -2.25. The number of nitrogens with one attached hydrogen (secondary N) is 1. The van der Waals surface area contributed by atoms with E-state index >= 15 is 0 Å². The summed E-state index contributed by atoms with van der Waals surface area (Å²) in [5.41, 5.74) is 1.51. The minimum Gasteiger partial charge on any atom is -0.497 e. The second kappa shape index (κ2) is 10.1. The molecule has 9 heteroatoms. The van der Waals surface area contributed by atoms with Crippen LogP contribution in [0.15, 0.2) is 84.0 Å². The molecule has 2 atom stereocenters. The van der Waals surface area contributed by atoms with Gasteiger partial charge in [0.1, 0.15) is 17.6 Å². The third-order valence-electron chi connectivity index (χ3n) is 5.57. The number of carbonyl (C=O) groups is 1. The molecule has 0 unspecified atom stereocenters. The van der Waals surface area contributed by atoms with Gasteiger partial charge >= 0.3 is 0 Å². The molecule has 0 fully saturated rings. The standard InChI is InChI=1S/C26H24N4O4S/c1-30-24(22-16-33-20-13-6-7-14-21(20)34-22)28-29-26(30)35-23(17-9-4-3-5-10-17)25(31)27-18-11-8-12-19(15-18)32-2/h3-15,22-23H,16H2,1-2H3,(H,27,31)/t22-,23-/m0/s1. The SMILES string of the molecule is COc1cccc(NC(=O)[C@@H](Sc2nnc([C@@H]3COc4ccccc4O3)n2C)c2ccccc2)c1. The predicted octanol–water partition coefficient (Wildman–Crippen LogP) is 4.81. The maximum atomic E-state index is 13.4. The third-order valence-corrected chi connectivity index (χ3v) is 6.85. The fraction of sp³-hybridized carbons (Fsp3) is 0.192. The molecule has 2 heterocycles. The maximum Gasteiger partial charge on any atom is 0.242 e. The molecule has 1 aliphatic heterocycles. The lowest BCUT2D eigenvalue weighted by Crippen LogP contribution is -2.24. The summed E-state index contributed by atoms with van der Waals surface area (Å²) >= 11 is 1.33. The number of amides is 1. The van der Waals surface area contributed by atoms with Crippen LogP contribution in [-0.2, 0) is 11.8 Å². The largest absolute Gasteiger partial charge is 0.497 e. The van der Waals surface area contributed by atoms with Gasteiger partial charge in [-0.15, -0.1) is 10.2 Å². The Morgan fingerprint density at radius 3 is 2.63 bits per heavy atom. The van der Waals surface area contributed by atoms with Crippen LogP contribution >= 0.6 is 11.8 Å². The van der Waals surface area contributed by atoms with Crippen molar-refractivity contribution in [1.29, 1.82) is 0 Å². The van der Waals surface area contributed by atoms with Gasteiger partial charge in [-0.25, -0.2) is 0 Å². The molecule has 0 spiro atoms. The zero-order chi connectivity index (χ0) is 24.2. The van der Waals surface area contributed by atoms with Crippen LogP contribution in [-0.4, -0.2) is 34.4 Å². The normalized spacial score (nSPS) is 15.3. The molecule has 1 amide bonds. The number of fused-ring (bicyclic) bond motifs is 1. The first kappa shape index (κ1) is 22.8. The smallest absolute Gasteiger partial charge is 0.242 e. The number of hydrogen-bond donors (Lipinski definition) is 1. The van der Waals surface area contributed by atoms with Crippen LogP contribution in [0.25, 0.3) is 0 Å². The number of benzene rings is 3. The second-order valence-corrected chi connectivity index (χ2v) is 8.97. The van der Waals surface area contributed by atoms with Crippen LogP contribution in [0.3, 0.4) is 0 Å². The topological polar surface area (TPSA) is 87.5 Å². The van der Waals surface area contributed by atoms with Gasteiger partial charge < -0.3 is 24.1 Å². The molecule has 0 radical (unpaired) electrons. The lowest BCUT2D eigenvalue weighted by molar-refractivity contribution is -0.115. The highest BCUT2D eigenvalue weighted by Gasteiger charge is 2.30. The van der Waals surface area contributed by atoms with Crippen LogP contribution in [0.4, 0.5) is 5.69 Å². The Balaban J connectivity index is 1.38. The number of hydrogen-bond acceptors (Lipinski definition) is 7. The molecule has 0 aliphatic carbocycles. The molecule has 3 aromatic carbocycles. The van der Waals surface area contributed by atoms with Gasteiger partial charge in [0.2, 0.25) is 5.91 Å². The summed E-state index contributed by atoms with van der Waals surface area (Å²) in [5.74, 6) is 2.49. The van der Waals surface area contributed by atoms with E-state index in [1.165, 1.54) is 11.8 Å². The number of anilines is 1. The van der Waals surface area contributed by atoms with Crippen molar-refractivity contribution in [3.8, 4) is 17.2 Å². The van der Waals surface area contributed by atoms with E-state index < -0.39 is 11.4 Å². The number of thioether (sulfide) groups is 1. The summed E-state index contributed by atoms with van der Waals surface area (Å²) in [6, 6.07) is 24.4. The Bertz CT molecular complexity index is 1330. The number of nitrogens with zero attached hydrogens (tertiary/aromatic N) is 3. The van der Waals surface area contributed by atoms with Crippen LogP contribution in [0.1, 0.15) is 22.7 Å². The molecule has 1 aromatic heterocycles. The van der Waals surface area contributed by atoms with E-state index in [4.69, 9.17) is 14.2 Å². The zero-order valence-electron chi connectivity index (χ0n) is 19.3. The van der Waals surface area contributed by atoms with Gasteiger partial charge in [-0.2, -0.15) is 0 Å². The highest BCUT2D eigenvalue weighted by Crippen LogP contribution is 2.38. The van der Waals surface area contributed by atoms with E-state index in [1.807, 2.05) is 84.4 Å². The van der Waals surface area contributed by atoms with Gasteiger partial charge in [0.25, 0.3) is 0 Å². The summed E-state index contributed by atoms with van der Waals surface area (Å²) in [6.07, 6.45) is -0.405. The number of ether oxygens (including phenoxy) is 3. The Labute approximate surface area is 207 Å². The average Bonchev–Trinajstić information content (AvgIpc) is 3.27. The zero-order valence-corrected chi connectivity index (χ0v) is 20.1. The molecule has 1 N–H and O–H groups in total. The fourth-order valence-electron chi connectivity index (χ4n) is 3.77. The minimum absolute atomic E-state index is 0.176. The van der Waals surface area contributed by atoms with Crippen molar-refractivity contribution in [3.63, 3.8) is 0 Å². The van der Waals surface area contributed by atoms with E-state index in [2.05, 4.69) is 15.5 Å². The summed E-state index contributed by atoms with van der Waals surface area (Å²) in [4.78, 5) is 13.4. The quantitative estimate of drug-likeness (QED) is 0.374. The number of rotatable bonds is 7. The summed E-state index contributed by atoms with van der Waals surface area (Å²) < 4.78 is 19.1. The highest BCUT2D eigenvalue weighted by atomic mass is 32.2. The predicted molar refractivity (Wildman–Crippen MR) is 133 cm³/mol. The molecule has 35 heavy (non-hydrogen) atoms. The summed E-state index contributed by atoms with van der Waals surface area (Å²) in [5, 5.41) is 11.8. The van der Waals surface area contributed by atoms with Crippen LogP contribution in [0, 0.1) is 0 Å². The Morgan fingerprint density at radius 2 is 1.83 bits per heavy atom. The molecular formula is C26H24N4O4S. The minimum atomic E-state index is -0.553. The Kier molecular flexibility index (Phi) is 6.58. The van der Waals surface area contributed by atoms with Crippen molar-refractivity contribution < 1.29 is 19.0 Å². The van der Waals surface area contributed by atoms with Crippen molar-refractivity contribution in [2.45, 2.75) is 16.5 Å². The van der Waals surface area contributed by atoms with Crippen molar-refractivity contribution in [2.24, 2.45) is 7.05 Å². The molecule has 8 nitrogen and oxygen atoms in total. The molecule has 0 saturated carbocycles. The van der Waals surface area contributed by atoms with Crippen molar-refractivity contribution in [3.05, 3.63) is 90.3 Å². The third kappa shape index (κ3) is 4.95. The highest BCUT2D eigenvalue weighted by molar-refractivity contribution is 8.00. The Morgan fingerprint density at radius 1 is 1.06 bits per heavy atom. The van der Waals surface area contributed by atoms with Crippen molar-refractivity contribution >= 4 is 23.4 Å². The number of aromatic nitrogens is 3. The summed E-state index contributed by atoms with van der Waals surface area (Å²) in [7, 11) is 3.46. The number of methoxy groups -OCH3 is 1. The van der Waals surface area contributed by atoms with E-state index in [0.29, 0.717) is 40.5 Å². The maximum absolute atomic E-state index is 13.4. The number of para-hydroxylation sites is 2. The van der Waals surface area contributed by atoms with Crippen molar-refractivity contribution in [2.75, 3.05) is 19.0 Å². The average molecular weight is 489 g/mol. The fourth-order valence-corrected chi connectivity index (χ4v) is 4.78. The van der Waals surface area contributed by atoms with Gasteiger partial charge in [0.15, 0.2) is 28.6 Å². The van der Waals surface area contributed by atoms with Crippen LogP contribution < -0.4 is 19.5 Å². The molecule has 0 bridgehead atoms. The molecular weight excluding hydrogens is 464 g/mol. The van der Waals surface area contributed by atoms with E-state index in [0.717, 1.165) is 5.56 Å². The van der Waals surface area contributed by atoms with Gasteiger partial charge in [-0.3, -0.25) is 4.79 Å². The van der Waals surface area contributed by atoms with Gasteiger partial charge in [0, 0.05) is 18.8 Å². The van der Waals surface area contributed by atoms with E-state index in [-0.39, 0.29) is 5.91 Å². The first-order chi connectivity index (χ1) is 17.1. The van der Waals surface area contributed by atoms with E-state index in [9.17, 15) is 4.79 Å². The molecule has 1 aliphatic rings. The second-order valence-electron chi connectivity index (χ2n) is 7.89. The van der Waals surface area contributed by atoms with Gasteiger partial charge in [0.05, 0.1) is 7.11 Å². The monoisotopic (exact) mass is 488 g/mol. The van der Waals surface area contributed by atoms with Gasteiger partial charge in [-0.1, -0.05) is 60.3 Å².